The number of carbonyl (C=O) groups is 1. The van der Waals surface area contributed by atoms with Gasteiger partial charge in [-0.3, -0.25) is 4.79 Å². The van der Waals surface area contributed by atoms with Gasteiger partial charge in [0.2, 0.25) is 0 Å². The Morgan fingerprint density at radius 3 is 2.52 bits per heavy atom. The number of anilines is 1. The van der Waals surface area contributed by atoms with E-state index in [1.165, 1.54) is 0 Å². The first-order valence-corrected chi connectivity index (χ1v) is 8.72. The molecule has 0 bridgehead atoms. The predicted octanol–water partition coefficient (Wildman–Crippen LogP) is 3.85. The molecule has 23 heavy (non-hydrogen) atoms. The molecule has 1 aromatic heterocycles. The van der Waals surface area contributed by atoms with E-state index in [0.29, 0.717) is 17.1 Å². The number of rotatable bonds is 2. The topological polar surface area (TPSA) is 36.4 Å². The summed E-state index contributed by atoms with van der Waals surface area (Å²) in [5.41, 5.74) is 0.685. The number of benzene rings is 1. The minimum absolute atomic E-state index is 0.0623. The fourth-order valence-electron chi connectivity index (χ4n) is 2.68. The van der Waals surface area contributed by atoms with Gasteiger partial charge >= 0.3 is 0 Å². The molecule has 3 rings (SSSR count). The SMILES string of the molecule is O=C(c1ccc(Cl)cc1)N1CCCN(c2ccc(Br)cn2)CC1. The molecule has 4 nitrogen and oxygen atoms in total. The zero-order valence-electron chi connectivity index (χ0n) is 12.6. The Morgan fingerprint density at radius 2 is 1.83 bits per heavy atom. The summed E-state index contributed by atoms with van der Waals surface area (Å²) >= 11 is 9.29. The molecule has 1 aliphatic heterocycles. The number of amides is 1. The van der Waals surface area contributed by atoms with Gasteiger partial charge in [-0.25, -0.2) is 4.98 Å². The summed E-state index contributed by atoms with van der Waals surface area (Å²) in [6.45, 7) is 3.14. The monoisotopic (exact) mass is 393 g/mol. The molecule has 1 amide bonds. The largest absolute Gasteiger partial charge is 0.355 e. The number of hydrogen-bond acceptors (Lipinski definition) is 3. The highest BCUT2D eigenvalue weighted by Gasteiger charge is 2.20. The smallest absolute Gasteiger partial charge is 0.253 e. The van der Waals surface area contributed by atoms with Crippen LogP contribution in [0.2, 0.25) is 5.02 Å². The molecule has 0 N–H and O–H groups in total. The molecule has 2 aromatic rings. The first-order chi connectivity index (χ1) is 11.1. The molecule has 1 saturated heterocycles. The highest BCUT2D eigenvalue weighted by atomic mass is 79.9. The van der Waals surface area contributed by atoms with Gasteiger partial charge in [0.15, 0.2) is 0 Å². The average molecular weight is 395 g/mol. The van der Waals surface area contributed by atoms with Gasteiger partial charge in [0.05, 0.1) is 0 Å². The maximum absolute atomic E-state index is 12.6. The summed E-state index contributed by atoms with van der Waals surface area (Å²) in [7, 11) is 0. The van der Waals surface area contributed by atoms with E-state index < -0.39 is 0 Å². The Bertz CT molecular complexity index is 675. The molecule has 0 radical (unpaired) electrons. The molecule has 2 heterocycles. The van der Waals surface area contributed by atoms with Gasteiger partial charge in [0, 0.05) is 47.4 Å². The Labute approximate surface area is 149 Å². The number of hydrogen-bond donors (Lipinski definition) is 0. The van der Waals surface area contributed by atoms with Gasteiger partial charge in [-0.15, -0.1) is 0 Å². The molecule has 1 aliphatic rings. The lowest BCUT2D eigenvalue weighted by Crippen LogP contribution is -2.35. The summed E-state index contributed by atoms with van der Waals surface area (Å²) in [5.74, 6) is 1.02. The van der Waals surface area contributed by atoms with Crippen LogP contribution in [0.15, 0.2) is 47.1 Å². The Kier molecular flexibility index (Phi) is 5.18. The lowest BCUT2D eigenvalue weighted by atomic mass is 10.2. The van der Waals surface area contributed by atoms with E-state index in [1.54, 1.807) is 30.5 Å². The number of carbonyl (C=O) groups excluding carboxylic acids is 1. The van der Waals surface area contributed by atoms with Crippen molar-refractivity contribution in [3.8, 4) is 0 Å². The molecule has 0 unspecified atom stereocenters. The lowest BCUT2D eigenvalue weighted by molar-refractivity contribution is 0.0767. The fourth-order valence-corrected chi connectivity index (χ4v) is 3.04. The highest BCUT2D eigenvalue weighted by Crippen LogP contribution is 2.18. The second kappa shape index (κ2) is 7.32. The van der Waals surface area contributed by atoms with Crippen LogP contribution in [0.4, 0.5) is 5.82 Å². The maximum atomic E-state index is 12.6. The van der Waals surface area contributed by atoms with E-state index in [9.17, 15) is 4.79 Å². The number of nitrogens with zero attached hydrogens (tertiary/aromatic N) is 3. The lowest BCUT2D eigenvalue weighted by Gasteiger charge is -2.23. The van der Waals surface area contributed by atoms with E-state index in [-0.39, 0.29) is 5.91 Å². The standard InChI is InChI=1S/C17H17BrClN3O/c18-14-4-7-16(20-12-14)21-8-1-9-22(11-10-21)17(23)13-2-5-15(19)6-3-13/h2-7,12H,1,8-11H2. The van der Waals surface area contributed by atoms with Crippen molar-refractivity contribution >= 4 is 39.3 Å². The van der Waals surface area contributed by atoms with Crippen molar-refractivity contribution in [2.45, 2.75) is 6.42 Å². The van der Waals surface area contributed by atoms with E-state index in [0.717, 1.165) is 36.3 Å². The Hall–Kier alpha value is -1.59. The van der Waals surface area contributed by atoms with E-state index in [2.05, 4.69) is 25.8 Å². The Balaban J connectivity index is 1.67. The van der Waals surface area contributed by atoms with Crippen molar-refractivity contribution in [2.24, 2.45) is 0 Å². The molecule has 6 heteroatoms. The summed E-state index contributed by atoms with van der Waals surface area (Å²) in [6, 6.07) is 11.1. The fraction of sp³-hybridized carbons (Fsp3) is 0.294. The predicted molar refractivity (Wildman–Crippen MR) is 96.1 cm³/mol. The van der Waals surface area contributed by atoms with Gasteiger partial charge in [-0.2, -0.15) is 0 Å². The molecule has 0 spiro atoms. The normalized spacial score (nSPS) is 15.4. The molecular weight excluding hydrogens is 378 g/mol. The minimum Gasteiger partial charge on any atom is -0.355 e. The number of aromatic nitrogens is 1. The quantitative estimate of drug-likeness (QED) is 0.776. The van der Waals surface area contributed by atoms with Crippen LogP contribution in [0.5, 0.6) is 0 Å². The van der Waals surface area contributed by atoms with Crippen LogP contribution >= 0.6 is 27.5 Å². The van der Waals surface area contributed by atoms with Crippen LogP contribution in [-0.4, -0.2) is 42.0 Å². The molecule has 120 valence electrons. The van der Waals surface area contributed by atoms with Crippen molar-refractivity contribution in [2.75, 3.05) is 31.1 Å². The molecule has 0 saturated carbocycles. The molecule has 1 fully saturated rings. The van der Waals surface area contributed by atoms with Crippen LogP contribution < -0.4 is 4.90 Å². The van der Waals surface area contributed by atoms with Crippen LogP contribution in [0.25, 0.3) is 0 Å². The van der Waals surface area contributed by atoms with Gasteiger partial charge < -0.3 is 9.80 Å². The van der Waals surface area contributed by atoms with Crippen LogP contribution in [0.3, 0.4) is 0 Å². The van der Waals surface area contributed by atoms with E-state index in [4.69, 9.17) is 11.6 Å². The molecular formula is C17H17BrClN3O. The molecule has 1 aromatic carbocycles. The third-order valence-corrected chi connectivity index (χ3v) is 4.63. The molecule has 0 aliphatic carbocycles. The average Bonchev–Trinajstić information content (AvgIpc) is 2.82. The summed E-state index contributed by atoms with van der Waals surface area (Å²) in [6.07, 6.45) is 2.73. The summed E-state index contributed by atoms with van der Waals surface area (Å²) < 4.78 is 0.968. The molecule has 0 atom stereocenters. The van der Waals surface area contributed by atoms with Gasteiger partial charge in [0.25, 0.3) is 5.91 Å². The van der Waals surface area contributed by atoms with Gasteiger partial charge in [-0.05, 0) is 58.7 Å². The zero-order valence-corrected chi connectivity index (χ0v) is 14.9. The maximum Gasteiger partial charge on any atom is 0.253 e. The second-order valence-electron chi connectivity index (χ2n) is 5.47. The minimum atomic E-state index is 0.0623. The van der Waals surface area contributed by atoms with Crippen molar-refractivity contribution in [3.05, 3.63) is 57.7 Å². The van der Waals surface area contributed by atoms with Crippen LogP contribution in [-0.2, 0) is 0 Å². The van der Waals surface area contributed by atoms with Gasteiger partial charge in [-0.1, -0.05) is 11.6 Å². The first-order valence-electron chi connectivity index (χ1n) is 7.55. The van der Waals surface area contributed by atoms with E-state index in [1.807, 2.05) is 17.0 Å². The van der Waals surface area contributed by atoms with Crippen molar-refractivity contribution in [3.63, 3.8) is 0 Å². The third kappa shape index (κ3) is 4.03. The summed E-state index contributed by atoms with van der Waals surface area (Å²) in [5, 5.41) is 0.643. The van der Waals surface area contributed by atoms with Crippen molar-refractivity contribution in [1.82, 2.24) is 9.88 Å². The highest BCUT2D eigenvalue weighted by molar-refractivity contribution is 9.10. The van der Waals surface area contributed by atoms with Crippen molar-refractivity contribution in [1.29, 1.82) is 0 Å². The second-order valence-corrected chi connectivity index (χ2v) is 6.83. The zero-order chi connectivity index (χ0) is 16.2. The van der Waals surface area contributed by atoms with Crippen LogP contribution in [0.1, 0.15) is 16.8 Å². The van der Waals surface area contributed by atoms with Crippen molar-refractivity contribution < 1.29 is 4.79 Å². The van der Waals surface area contributed by atoms with Gasteiger partial charge in [0.1, 0.15) is 5.82 Å². The summed E-state index contributed by atoms with van der Waals surface area (Å²) in [4.78, 5) is 21.2. The first kappa shape index (κ1) is 16.3. The van der Waals surface area contributed by atoms with E-state index >= 15 is 0 Å². The third-order valence-electron chi connectivity index (χ3n) is 3.91. The number of halogens is 2. The van der Waals surface area contributed by atoms with Crippen LogP contribution in [0, 0.1) is 0 Å². The Morgan fingerprint density at radius 1 is 1.04 bits per heavy atom. The number of pyridine rings is 1.